The van der Waals surface area contributed by atoms with Crippen molar-refractivity contribution >= 4 is 33.2 Å². The Kier molecular flexibility index (Phi) is 5.44. The maximum atomic E-state index is 10.4. The van der Waals surface area contributed by atoms with Crippen molar-refractivity contribution < 1.29 is 9.90 Å². The molecule has 1 heterocycles. The molecule has 0 aliphatic rings. The van der Waals surface area contributed by atoms with Gasteiger partial charge in [0.15, 0.2) is 0 Å². The fraction of sp³-hybridized carbons (Fsp3) is 0.545. The third-order valence-corrected chi connectivity index (χ3v) is 4.43. The summed E-state index contributed by atoms with van der Waals surface area (Å²) < 4.78 is 1.11. The standard InChI is InChI=1S/C11H16BrNO2S/c1-8(10-6-9(12)7-16-10)13(2)5-3-4-11(14)15/h6-8H,3-5H2,1-2H3,(H,14,15). The molecule has 90 valence electrons. The van der Waals surface area contributed by atoms with Crippen LogP contribution in [-0.2, 0) is 4.79 Å². The molecule has 0 amide bonds. The monoisotopic (exact) mass is 305 g/mol. The van der Waals surface area contributed by atoms with Gasteiger partial charge in [0.2, 0.25) is 0 Å². The molecule has 0 bridgehead atoms. The van der Waals surface area contributed by atoms with Crippen LogP contribution in [-0.4, -0.2) is 29.6 Å². The summed E-state index contributed by atoms with van der Waals surface area (Å²) in [4.78, 5) is 13.9. The highest BCUT2D eigenvalue weighted by Crippen LogP contribution is 2.28. The van der Waals surface area contributed by atoms with E-state index < -0.39 is 5.97 Å². The van der Waals surface area contributed by atoms with Gasteiger partial charge in [-0.25, -0.2) is 0 Å². The van der Waals surface area contributed by atoms with Crippen LogP contribution in [0.15, 0.2) is 15.9 Å². The highest BCUT2D eigenvalue weighted by Gasteiger charge is 2.13. The summed E-state index contributed by atoms with van der Waals surface area (Å²) in [6.07, 6.45) is 0.938. The van der Waals surface area contributed by atoms with E-state index in [4.69, 9.17) is 5.11 Å². The molecular weight excluding hydrogens is 290 g/mol. The van der Waals surface area contributed by atoms with Crippen LogP contribution in [0, 0.1) is 0 Å². The third kappa shape index (κ3) is 4.23. The van der Waals surface area contributed by atoms with E-state index >= 15 is 0 Å². The number of hydrogen-bond donors (Lipinski definition) is 1. The van der Waals surface area contributed by atoms with Crippen LogP contribution in [0.5, 0.6) is 0 Å². The highest BCUT2D eigenvalue weighted by atomic mass is 79.9. The van der Waals surface area contributed by atoms with Gasteiger partial charge in [0.25, 0.3) is 0 Å². The molecule has 0 radical (unpaired) electrons. The van der Waals surface area contributed by atoms with Gasteiger partial charge in [0.05, 0.1) is 0 Å². The van der Waals surface area contributed by atoms with Gasteiger partial charge in [-0.2, -0.15) is 0 Å². The lowest BCUT2D eigenvalue weighted by atomic mass is 10.2. The summed E-state index contributed by atoms with van der Waals surface area (Å²) in [5.74, 6) is -0.722. The quantitative estimate of drug-likeness (QED) is 0.876. The number of thiophene rings is 1. The first-order valence-corrected chi connectivity index (χ1v) is 6.84. The fourth-order valence-electron chi connectivity index (χ4n) is 1.44. The Morgan fingerprint density at radius 2 is 2.38 bits per heavy atom. The Labute approximate surface area is 108 Å². The number of halogens is 1. The van der Waals surface area contributed by atoms with E-state index in [-0.39, 0.29) is 6.42 Å². The zero-order valence-corrected chi connectivity index (χ0v) is 11.8. The maximum Gasteiger partial charge on any atom is 0.303 e. The second-order valence-corrected chi connectivity index (χ2v) is 5.68. The molecule has 3 nitrogen and oxygen atoms in total. The van der Waals surface area contributed by atoms with E-state index in [0.29, 0.717) is 12.5 Å². The zero-order chi connectivity index (χ0) is 12.1. The molecule has 5 heteroatoms. The van der Waals surface area contributed by atoms with E-state index in [9.17, 15) is 4.79 Å². The molecule has 0 fully saturated rings. The van der Waals surface area contributed by atoms with Crippen molar-refractivity contribution in [2.45, 2.75) is 25.8 Å². The average Bonchev–Trinajstić information content (AvgIpc) is 2.63. The van der Waals surface area contributed by atoms with Crippen molar-refractivity contribution in [3.05, 3.63) is 20.8 Å². The van der Waals surface area contributed by atoms with E-state index in [1.165, 1.54) is 4.88 Å². The van der Waals surface area contributed by atoms with Crippen molar-refractivity contribution in [3.8, 4) is 0 Å². The number of carbonyl (C=O) groups is 1. The van der Waals surface area contributed by atoms with Crippen LogP contribution in [0.4, 0.5) is 0 Å². The van der Waals surface area contributed by atoms with Gasteiger partial charge in [-0.1, -0.05) is 0 Å². The summed E-state index contributed by atoms with van der Waals surface area (Å²) in [6, 6.07) is 2.45. The number of rotatable bonds is 6. The lowest BCUT2D eigenvalue weighted by Gasteiger charge is -2.23. The summed E-state index contributed by atoms with van der Waals surface area (Å²) in [5.41, 5.74) is 0. The maximum absolute atomic E-state index is 10.4. The van der Waals surface area contributed by atoms with Crippen LogP contribution in [0.3, 0.4) is 0 Å². The Morgan fingerprint density at radius 3 is 2.88 bits per heavy atom. The first-order chi connectivity index (χ1) is 7.50. The van der Waals surface area contributed by atoms with Gasteiger partial charge in [0.1, 0.15) is 0 Å². The zero-order valence-electron chi connectivity index (χ0n) is 9.44. The predicted molar refractivity (Wildman–Crippen MR) is 69.9 cm³/mol. The average molecular weight is 306 g/mol. The Morgan fingerprint density at radius 1 is 1.69 bits per heavy atom. The Hall–Kier alpha value is -0.390. The molecular formula is C11H16BrNO2S. The number of nitrogens with zero attached hydrogens (tertiary/aromatic N) is 1. The summed E-state index contributed by atoms with van der Waals surface area (Å²) >= 11 is 5.16. The minimum absolute atomic E-state index is 0.241. The van der Waals surface area contributed by atoms with E-state index in [1.807, 2.05) is 7.05 Å². The summed E-state index contributed by atoms with van der Waals surface area (Å²) in [5, 5.41) is 10.6. The van der Waals surface area contributed by atoms with E-state index in [1.54, 1.807) is 11.3 Å². The lowest BCUT2D eigenvalue weighted by molar-refractivity contribution is -0.137. The molecule has 0 aliphatic carbocycles. The largest absolute Gasteiger partial charge is 0.481 e. The SMILES string of the molecule is CC(c1cc(Br)cs1)N(C)CCCC(=O)O. The Bertz CT molecular complexity index is 354. The number of hydrogen-bond acceptors (Lipinski definition) is 3. The molecule has 1 unspecified atom stereocenters. The molecule has 16 heavy (non-hydrogen) atoms. The van der Waals surface area contributed by atoms with E-state index in [0.717, 1.165) is 11.0 Å². The molecule has 1 N–H and O–H groups in total. The molecule has 0 aliphatic heterocycles. The summed E-state index contributed by atoms with van der Waals surface area (Å²) in [7, 11) is 2.03. The Balaban J connectivity index is 2.41. The van der Waals surface area contributed by atoms with Crippen LogP contribution >= 0.6 is 27.3 Å². The smallest absolute Gasteiger partial charge is 0.303 e. The van der Waals surface area contributed by atoms with Gasteiger partial charge in [0, 0.05) is 27.2 Å². The van der Waals surface area contributed by atoms with Crippen molar-refractivity contribution in [3.63, 3.8) is 0 Å². The van der Waals surface area contributed by atoms with Crippen LogP contribution in [0.25, 0.3) is 0 Å². The normalized spacial score (nSPS) is 13.0. The lowest BCUT2D eigenvalue weighted by Crippen LogP contribution is -2.23. The first kappa shape index (κ1) is 13.7. The van der Waals surface area contributed by atoms with Gasteiger partial charge < -0.3 is 5.11 Å². The number of aliphatic carboxylic acids is 1. The number of carboxylic acids is 1. The molecule has 0 spiro atoms. The number of carboxylic acid groups (broad SMARTS) is 1. The van der Waals surface area contributed by atoms with E-state index in [2.05, 4.69) is 39.2 Å². The summed E-state index contributed by atoms with van der Waals surface area (Å²) in [6.45, 7) is 2.95. The minimum atomic E-state index is -0.722. The van der Waals surface area contributed by atoms with Crippen LogP contribution < -0.4 is 0 Å². The van der Waals surface area contributed by atoms with Crippen molar-refractivity contribution in [1.29, 1.82) is 0 Å². The highest BCUT2D eigenvalue weighted by molar-refractivity contribution is 9.10. The molecule has 1 aromatic rings. The fourth-order valence-corrected chi connectivity index (χ4v) is 3.01. The molecule has 0 aromatic carbocycles. The van der Waals surface area contributed by atoms with Crippen LogP contribution in [0.2, 0.25) is 0 Å². The molecule has 1 aromatic heterocycles. The predicted octanol–water partition coefficient (Wildman–Crippen LogP) is 3.37. The van der Waals surface area contributed by atoms with Crippen molar-refractivity contribution in [2.24, 2.45) is 0 Å². The molecule has 1 atom stereocenters. The van der Waals surface area contributed by atoms with Gasteiger partial charge in [-0.3, -0.25) is 9.69 Å². The van der Waals surface area contributed by atoms with Gasteiger partial charge >= 0.3 is 5.97 Å². The van der Waals surface area contributed by atoms with Gasteiger partial charge in [-0.15, -0.1) is 11.3 Å². The first-order valence-electron chi connectivity index (χ1n) is 5.16. The minimum Gasteiger partial charge on any atom is -0.481 e. The topological polar surface area (TPSA) is 40.5 Å². The molecule has 0 saturated carbocycles. The van der Waals surface area contributed by atoms with Gasteiger partial charge in [-0.05, 0) is 48.9 Å². The van der Waals surface area contributed by atoms with Crippen molar-refractivity contribution in [1.82, 2.24) is 4.90 Å². The van der Waals surface area contributed by atoms with Crippen molar-refractivity contribution in [2.75, 3.05) is 13.6 Å². The van der Waals surface area contributed by atoms with Crippen LogP contribution in [0.1, 0.15) is 30.7 Å². The second kappa shape index (κ2) is 6.37. The second-order valence-electron chi connectivity index (χ2n) is 3.82. The molecule has 1 rings (SSSR count). The molecule has 0 saturated heterocycles. The third-order valence-electron chi connectivity index (χ3n) is 2.56.